The van der Waals surface area contributed by atoms with E-state index in [-0.39, 0.29) is 36.2 Å². The molecule has 2 nitrogen and oxygen atoms in total. The van der Waals surface area contributed by atoms with Gasteiger partial charge >= 0.3 is 29.6 Å². The maximum atomic E-state index is 9.82. The van der Waals surface area contributed by atoms with Gasteiger partial charge < -0.3 is 4.74 Å². The van der Waals surface area contributed by atoms with E-state index in [0.29, 0.717) is 11.5 Å². The number of hydrogen-bond donors (Lipinski definition) is 0. The van der Waals surface area contributed by atoms with Crippen molar-refractivity contribution in [3.05, 3.63) is 34.9 Å². The molecule has 0 aliphatic carbocycles. The van der Waals surface area contributed by atoms with Crippen molar-refractivity contribution in [2.75, 3.05) is 0 Å². The topological polar surface area (TPSA) is 26.3 Å². The molecule has 0 aliphatic heterocycles. The van der Waals surface area contributed by atoms with E-state index in [4.69, 9.17) is 11.6 Å². The second-order valence-corrected chi connectivity index (χ2v) is 2.41. The van der Waals surface area contributed by atoms with Crippen LogP contribution in [0.5, 0.6) is 0 Å². The molecule has 0 aliphatic rings. The van der Waals surface area contributed by atoms with Gasteiger partial charge in [0.25, 0.3) is 6.47 Å². The summed E-state index contributed by atoms with van der Waals surface area (Å²) < 4.78 is 4.54. The molecule has 0 N–H and O–H groups in total. The zero-order valence-electron chi connectivity index (χ0n) is 5.79. The van der Waals surface area contributed by atoms with Gasteiger partial charge in [0.1, 0.15) is 6.61 Å². The SMILES string of the molecule is O=COCc1ccccc1Cl.[NaH]. The van der Waals surface area contributed by atoms with Crippen LogP contribution >= 0.6 is 11.6 Å². The van der Waals surface area contributed by atoms with E-state index in [1.54, 1.807) is 6.07 Å². The number of carbonyl (C=O) groups excluding carboxylic acids is 1. The summed E-state index contributed by atoms with van der Waals surface area (Å²) in [4.78, 5) is 9.82. The fourth-order valence-electron chi connectivity index (χ4n) is 0.739. The Morgan fingerprint density at radius 1 is 1.42 bits per heavy atom. The Bertz CT molecular complexity index is 253. The molecule has 0 saturated heterocycles. The Morgan fingerprint density at radius 3 is 2.67 bits per heavy atom. The quantitative estimate of drug-likeness (QED) is 0.537. The predicted molar refractivity (Wildman–Crippen MR) is 49.5 cm³/mol. The third kappa shape index (κ3) is 3.59. The molecule has 1 rings (SSSR count). The molecule has 0 radical (unpaired) electrons. The summed E-state index contributed by atoms with van der Waals surface area (Å²) in [7, 11) is 0. The van der Waals surface area contributed by atoms with E-state index in [9.17, 15) is 4.79 Å². The van der Waals surface area contributed by atoms with E-state index in [0.717, 1.165) is 5.56 Å². The molecular formula is C8H8ClNaO2. The van der Waals surface area contributed by atoms with Gasteiger partial charge in [0.2, 0.25) is 0 Å². The molecule has 0 saturated carbocycles. The number of carbonyl (C=O) groups is 1. The molecule has 0 fully saturated rings. The van der Waals surface area contributed by atoms with Crippen molar-refractivity contribution in [2.45, 2.75) is 6.61 Å². The van der Waals surface area contributed by atoms with E-state index < -0.39 is 0 Å². The van der Waals surface area contributed by atoms with Crippen LogP contribution in [-0.2, 0) is 16.1 Å². The fraction of sp³-hybridized carbons (Fsp3) is 0.125. The molecular weight excluding hydrogens is 187 g/mol. The van der Waals surface area contributed by atoms with Crippen molar-refractivity contribution in [1.29, 1.82) is 0 Å². The van der Waals surface area contributed by atoms with E-state index in [1.807, 2.05) is 18.2 Å². The number of ether oxygens (including phenoxy) is 1. The summed E-state index contributed by atoms with van der Waals surface area (Å²) >= 11 is 5.76. The molecule has 0 bridgehead atoms. The van der Waals surface area contributed by atoms with Gasteiger partial charge in [-0.2, -0.15) is 0 Å². The minimum absolute atomic E-state index is 0. The van der Waals surface area contributed by atoms with E-state index >= 15 is 0 Å². The molecule has 0 spiro atoms. The monoisotopic (exact) mass is 194 g/mol. The summed E-state index contributed by atoms with van der Waals surface area (Å²) in [6, 6.07) is 7.24. The van der Waals surface area contributed by atoms with Gasteiger partial charge in [-0.05, 0) is 6.07 Å². The van der Waals surface area contributed by atoms with E-state index in [1.165, 1.54) is 0 Å². The first kappa shape index (κ1) is 12.0. The zero-order valence-corrected chi connectivity index (χ0v) is 6.54. The standard InChI is InChI=1S/C8H7ClO2.Na.H/c9-8-4-2-1-3-7(8)5-11-6-10;;/h1-4,6H,5H2;;. The average molecular weight is 195 g/mol. The second kappa shape index (κ2) is 6.49. The summed E-state index contributed by atoms with van der Waals surface area (Å²) in [6.45, 7) is 0.645. The van der Waals surface area contributed by atoms with Gasteiger partial charge in [-0.15, -0.1) is 0 Å². The first-order chi connectivity index (χ1) is 5.34. The Labute approximate surface area is 98.2 Å². The van der Waals surface area contributed by atoms with Crippen LogP contribution in [0.4, 0.5) is 0 Å². The average Bonchev–Trinajstić information content (AvgIpc) is 2.03. The van der Waals surface area contributed by atoms with Crippen molar-refractivity contribution < 1.29 is 9.53 Å². The Balaban J connectivity index is 0.00000121. The molecule has 0 unspecified atom stereocenters. The van der Waals surface area contributed by atoms with Crippen molar-refractivity contribution in [3.63, 3.8) is 0 Å². The molecule has 0 atom stereocenters. The van der Waals surface area contributed by atoms with Crippen LogP contribution < -0.4 is 0 Å². The molecule has 0 heterocycles. The van der Waals surface area contributed by atoms with Crippen LogP contribution in [0.25, 0.3) is 0 Å². The van der Waals surface area contributed by atoms with Crippen LogP contribution in [0, 0.1) is 0 Å². The molecule has 0 amide bonds. The Morgan fingerprint density at radius 2 is 2.08 bits per heavy atom. The normalized spacial score (nSPS) is 8.42. The van der Waals surface area contributed by atoms with Crippen LogP contribution in [0.15, 0.2) is 24.3 Å². The summed E-state index contributed by atoms with van der Waals surface area (Å²) in [5.41, 5.74) is 0.821. The number of halogens is 1. The van der Waals surface area contributed by atoms with Gasteiger partial charge in [-0.3, -0.25) is 4.79 Å². The molecule has 0 aromatic heterocycles. The van der Waals surface area contributed by atoms with Crippen molar-refractivity contribution in [1.82, 2.24) is 0 Å². The van der Waals surface area contributed by atoms with Crippen LogP contribution in [0.3, 0.4) is 0 Å². The van der Waals surface area contributed by atoms with Crippen molar-refractivity contribution in [2.24, 2.45) is 0 Å². The maximum absolute atomic E-state index is 9.82. The molecule has 1 aromatic rings. The second-order valence-electron chi connectivity index (χ2n) is 2.00. The molecule has 1 aromatic carbocycles. The fourth-order valence-corrected chi connectivity index (χ4v) is 0.930. The van der Waals surface area contributed by atoms with E-state index in [2.05, 4.69) is 4.74 Å². The third-order valence-electron chi connectivity index (χ3n) is 1.26. The molecule has 60 valence electrons. The van der Waals surface area contributed by atoms with Gasteiger partial charge in [0.05, 0.1) is 0 Å². The molecule has 4 heteroatoms. The minimum atomic E-state index is 0. The summed E-state index contributed by atoms with van der Waals surface area (Å²) in [5, 5.41) is 0.620. The Kier molecular flexibility index (Phi) is 6.48. The van der Waals surface area contributed by atoms with Crippen molar-refractivity contribution >= 4 is 47.6 Å². The third-order valence-corrected chi connectivity index (χ3v) is 1.63. The van der Waals surface area contributed by atoms with Crippen molar-refractivity contribution in [3.8, 4) is 0 Å². The van der Waals surface area contributed by atoms with Crippen LogP contribution in [0.2, 0.25) is 5.02 Å². The van der Waals surface area contributed by atoms with Crippen LogP contribution in [-0.4, -0.2) is 36.0 Å². The summed E-state index contributed by atoms with van der Waals surface area (Å²) in [5.74, 6) is 0. The summed E-state index contributed by atoms with van der Waals surface area (Å²) in [6.07, 6.45) is 0. The van der Waals surface area contributed by atoms with Gasteiger partial charge in [0.15, 0.2) is 0 Å². The zero-order chi connectivity index (χ0) is 8.10. The number of rotatable bonds is 3. The number of benzene rings is 1. The first-order valence-corrected chi connectivity index (χ1v) is 3.51. The number of hydrogen-bond acceptors (Lipinski definition) is 2. The van der Waals surface area contributed by atoms with Gasteiger partial charge in [-0.1, -0.05) is 29.8 Å². The van der Waals surface area contributed by atoms with Crippen LogP contribution in [0.1, 0.15) is 5.56 Å². The predicted octanol–water partition coefficient (Wildman–Crippen LogP) is 1.36. The first-order valence-electron chi connectivity index (χ1n) is 3.13. The Hall–Kier alpha value is -0.0200. The van der Waals surface area contributed by atoms with Gasteiger partial charge in [-0.25, -0.2) is 0 Å². The van der Waals surface area contributed by atoms with Gasteiger partial charge in [0, 0.05) is 10.6 Å². The molecule has 12 heavy (non-hydrogen) atoms.